The van der Waals surface area contributed by atoms with Crippen LogP contribution in [0.15, 0.2) is 40.7 Å². The first-order chi connectivity index (χ1) is 9.62. The maximum Gasteiger partial charge on any atom is 0.125 e. The lowest BCUT2D eigenvalue weighted by molar-refractivity contribution is 0.369. The Balaban J connectivity index is 3.72. The summed E-state index contributed by atoms with van der Waals surface area (Å²) in [5, 5.41) is 1.98. The highest BCUT2D eigenvalue weighted by atomic mass is 28.3. The fourth-order valence-electron chi connectivity index (χ4n) is 2.36. The number of allylic oxidation sites excluding steroid dienone is 2. The summed E-state index contributed by atoms with van der Waals surface area (Å²) in [6.07, 6.45) is 0. The average Bonchev–Trinajstić information content (AvgIpc) is 2.37. The smallest absolute Gasteiger partial charge is 0.125 e. The van der Waals surface area contributed by atoms with Crippen LogP contribution in [0.5, 0.6) is 0 Å². The topological polar surface area (TPSA) is 26.3 Å². The molecule has 0 aliphatic rings. The first-order valence-electron chi connectivity index (χ1n) is 7.23. The molecule has 2 nitrogen and oxygen atoms in total. The summed E-state index contributed by atoms with van der Waals surface area (Å²) in [6, 6.07) is 10.0. The van der Waals surface area contributed by atoms with Crippen LogP contribution >= 0.6 is 0 Å². The van der Waals surface area contributed by atoms with E-state index in [0.29, 0.717) is 0 Å². The SMILES string of the molecule is CO/C(=C(/C(=C=O)[Si](C)(C)C)[Si](C)(C)C)c1ccccc1. The second kappa shape index (κ2) is 6.60. The first-order valence-corrected chi connectivity index (χ1v) is 14.2. The lowest BCUT2D eigenvalue weighted by Gasteiger charge is -2.30. The summed E-state index contributed by atoms with van der Waals surface area (Å²) < 4.78 is 5.74. The third-order valence-corrected chi connectivity index (χ3v) is 7.40. The van der Waals surface area contributed by atoms with Gasteiger partial charge in [0.05, 0.1) is 23.3 Å². The molecule has 21 heavy (non-hydrogen) atoms. The van der Waals surface area contributed by atoms with E-state index in [0.717, 1.165) is 21.7 Å². The Morgan fingerprint density at radius 2 is 1.48 bits per heavy atom. The van der Waals surface area contributed by atoms with E-state index in [1.165, 1.54) is 0 Å². The molecule has 0 aromatic heterocycles. The number of hydrogen-bond donors (Lipinski definition) is 0. The Labute approximate surface area is 130 Å². The fraction of sp³-hybridized carbons (Fsp3) is 0.412. The molecule has 0 radical (unpaired) electrons. The molecule has 0 spiro atoms. The van der Waals surface area contributed by atoms with Gasteiger partial charge in [0.2, 0.25) is 0 Å². The molecule has 114 valence electrons. The molecule has 0 bridgehead atoms. The van der Waals surface area contributed by atoms with Gasteiger partial charge in [0.25, 0.3) is 0 Å². The van der Waals surface area contributed by atoms with Gasteiger partial charge in [0.1, 0.15) is 11.7 Å². The van der Waals surface area contributed by atoms with Crippen molar-refractivity contribution in [2.45, 2.75) is 39.3 Å². The van der Waals surface area contributed by atoms with E-state index in [9.17, 15) is 4.79 Å². The maximum atomic E-state index is 11.7. The molecule has 0 saturated carbocycles. The summed E-state index contributed by atoms with van der Waals surface area (Å²) >= 11 is 0. The summed E-state index contributed by atoms with van der Waals surface area (Å²) in [7, 11) is -1.85. The zero-order chi connectivity index (χ0) is 16.3. The van der Waals surface area contributed by atoms with Crippen molar-refractivity contribution in [3.63, 3.8) is 0 Å². The number of ether oxygens (including phenoxy) is 1. The summed E-state index contributed by atoms with van der Waals surface area (Å²) in [6.45, 7) is 13.3. The van der Waals surface area contributed by atoms with Gasteiger partial charge in [-0.3, -0.25) is 0 Å². The molecule has 1 aromatic carbocycles. The van der Waals surface area contributed by atoms with E-state index in [-0.39, 0.29) is 0 Å². The Kier molecular flexibility index (Phi) is 5.57. The largest absolute Gasteiger partial charge is 0.496 e. The molecule has 0 amide bonds. The van der Waals surface area contributed by atoms with Crippen molar-refractivity contribution in [3.8, 4) is 0 Å². The Morgan fingerprint density at radius 1 is 0.952 bits per heavy atom. The second-order valence-electron chi connectivity index (χ2n) is 7.25. The summed E-state index contributed by atoms with van der Waals surface area (Å²) in [4.78, 5) is 11.7. The van der Waals surface area contributed by atoms with Gasteiger partial charge in [-0.15, -0.1) is 0 Å². The molecule has 1 rings (SSSR count). The molecule has 0 aliphatic heterocycles. The average molecular weight is 319 g/mol. The first kappa shape index (κ1) is 17.7. The van der Waals surface area contributed by atoms with E-state index < -0.39 is 16.1 Å². The van der Waals surface area contributed by atoms with Crippen molar-refractivity contribution in [1.82, 2.24) is 0 Å². The highest BCUT2D eigenvalue weighted by Crippen LogP contribution is 2.34. The molecule has 0 fully saturated rings. The third-order valence-electron chi connectivity index (χ3n) is 3.32. The molecule has 0 unspecified atom stereocenters. The highest BCUT2D eigenvalue weighted by Gasteiger charge is 2.35. The van der Waals surface area contributed by atoms with E-state index in [2.05, 4.69) is 45.2 Å². The molecular weight excluding hydrogens is 292 g/mol. The maximum absolute atomic E-state index is 11.7. The minimum atomic E-state index is -1.78. The standard InChI is InChI=1S/C17H26O2Si2/c1-19-16(14-11-9-8-10-12-14)17(21(5,6)7)15(13-18)20(2,3)4/h8-12H,1-7H3/b17-16-. The quantitative estimate of drug-likeness (QED) is 0.344. The summed E-state index contributed by atoms with van der Waals surface area (Å²) in [5.74, 6) is 3.10. The molecule has 4 heteroatoms. The molecule has 0 aliphatic carbocycles. The number of benzene rings is 1. The predicted octanol–water partition coefficient (Wildman–Crippen LogP) is 4.56. The zero-order valence-electron chi connectivity index (χ0n) is 14.2. The van der Waals surface area contributed by atoms with E-state index >= 15 is 0 Å². The van der Waals surface area contributed by atoms with Gasteiger partial charge in [0.15, 0.2) is 0 Å². The highest BCUT2D eigenvalue weighted by molar-refractivity contribution is 6.93. The van der Waals surface area contributed by atoms with Crippen molar-refractivity contribution in [2.24, 2.45) is 0 Å². The molecule has 0 saturated heterocycles. The number of methoxy groups -OCH3 is 1. The van der Waals surface area contributed by atoms with E-state index in [1.54, 1.807) is 7.11 Å². The normalized spacial score (nSPS) is 13.3. The van der Waals surface area contributed by atoms with Crippen LogP contribution < -0.4 is 0 Å². The predicted molar refractivity (Wildman–Crippen MR) is 96.3 cm³/mol. The van der Waals surface area contributed by atoms with Crippen LogP contribution in [0.3, 0.4) is 0 Å². The van der Waals surface area contributed by atoms with Crippen LogP contribution in [0, 0.1) is 0 Å². The molecule has 0 atom stereocenters. The molecule has 0 N–H and O–H groups in total. The van der Waals surface area contributed by atoms with Crippen molar-refractivity contribution >= 4 is 27.8 Å². The van der Waals surface area contributed by atoms with Gasteiger partial charge in [-0.05, 0) is 5.20 Å². The van der Waals surface area contributed by atoms with Crippen molar-refractivity contribution in [1.29, 1.82) is 0 Å². The van der Waals surface area contributed by atoms with E-state index in [4.69, 9.17) is 4.74 Å². The van der Waals surface area contributed by atoms with Gasteiger partial charge in [-0.1, -0.05) is 69.6 Å². The minimum absolute atomic E-state index is 0.843. The van der Waals surface area contributed by atoms with Crippen molar-refractivity contribution in [2.75, 3.05) is 7.11 Å². The third kappa shape index (κ3) is 4.30. The van der Waals surface area contributed by atoms with Crippen LogP contribution in [-0.4, -0.2) is 29.2 Å². The number of hydrogen-bond acceptors (Lipinski definition) is 2. The fourth-order valence-corrected chi connectivity index (χ4v) is 7.51. The Hall–Kier alpha value is -1.36. The Bertz CT molecular complexity index is 569. The van der Waals surface area contributed by atoms with Gasteiger partial charge in [-0.25, -0.2) is 4.79 Å². The second-order valence-corrected chi connectivity index (χ2v) is 17.3. The van der Waals surface area contributed by atoms with Crippen molar-refractivity contribution < 1.29 is 9.53 Å². The number of rotatable bonds is 5. The zero-order valence-corrected chi connectivity index (χ0v) is 16.2. The van der Waals surface area contributed by atoms with Gasteiger partial charge < -0.3 is 4.74 Å². The minimum Gasteiger partial charge on any atom is -0.496 e. The van der Waals surface area contributed by atoms with Gasteiger partial charge >= 0.3 is 0 Å². The number of carbonyl (C=O) groups excluding carboxylic acids is 1. The monoisotopic (exact) mass is 318 g/mol. The molecule has 0 heterocycles. The van der Waals surface area contributed by atoms with Crippen LogP contribution in [0.1, 0.15) is 5.56 Å². The summed E-state index contributed by atoms with van der Waals surface area (Å²) in [5.41, 5.74) is 1.03. The molecule has 1 aromatic rings. The van der Waals surface area contributed by atoms with E-state index in [1.807, 2.05) is 30.3 Å². The van der Waals surface area contributed by atoms with Crippen molar-refractivity contribution in [3.05, 3.63) is 46.3 Å². The van der Waals surface area contributed by atoms with Crippen LogP contribution in [-0.2, 0) is 9.53 Å². The van der Waals surface area contributed by atoms with Crippen LogP contribution in [0.2, 0.25) is 39.3 Å². The van der Waals surface area contributed by atoms with Gasteiger partial charge in [-0.2, -0.15) is 0 Å². The lowest BCUT2D eigenvalue weighted by Crippen LogP contribution is -2.36. The van der Waals surface area contributed by atoms with Gasteiger partial charge in [0, 0.05) is 10.8 Å². The molecular formula is C17H26O2Si2. The lowest BCUT2D eigenvalue weighted by atomic mass is 10.2. The van der Waals surface area contributed by atoms with Crippen LogP contribution in [0.4, 0.5) is 0 Å². The Morgan fingerprint density at radius 3 is 1.81 bits per heavy atom. The van der Waals surface area contributed by atoms with Crippen LogP contribution in [0.25, 0.3) is 5.76 Å².